The van der Waals surface area contributed by atoms with Gasteiger partial charge in [-0.25, -0.2) is 26.9 Å². The van der Waals surface area contributed by atoms with Crippen LogP contribution >= 0.6 is 0 Å². The van der Waals surface area contributed by atoms with Crippen LogP contribution in [0, 0.1) is 18.6 Å². The summed E-state index contributed by atoms with van der Waals surface area (Å²) >= 11 is 0. The van der Waals surface area contributed by atoms with Gasteiger partial charge in [-0.15, -0.1) is 0 Å². The molecule has 150 valence electrons. The highest BCUT2D eigenvalue weighted by Crippen LogP contribution is 2.48. The van der Waals surface area contributed by atoms with Crippen molar-refractivity contribution in [2.24, 2.45) is 10.7 Å². The second kappa shape index (κ2) is 6.99. The van der Waals surface area contributed by atoms with Crippen molar-refractivity contribution in [1.29, 1.82) is 0 Å². The quantitative estimate of drug-likeness (QED) is 0.613. The van der Waals surface area contributed by atoms with E-state index in [0.29, 0.717) is 6.07 Å². The zero-order valence-corrected chi connectivity index (χ0v) is 14.7. The van der Waals surface area contributed by atoms with Crippen LogP contribution in [-0.2, 0) is 12.0 Å². The highest BCUT2D eigenvalue weighted by atomic mass is 19.3. The van der Waals surface area contributed by atoms with Crippen molar-refractivity contribution in [2.75, 3.05) is 6.67 Å². The van der Waals surface area contributed by atoms with Gasteiger partial charge in [-0.05, 0) is 17.7 Å². The van der Waals surface area contributed by atoms with Gasteiger partial charge in [0.05, 0.1) is 5.84 Å². The van der Waals surface area contributed by atoms with E-state index < -0.39 is 54.0 Å². The molecule has 0 radical (unpaired) electrons. The molecule has 5 nitrogen and oxygen atoms in total. The number of amidine groups is 1. The normalized spacial score (nSPS) is 21.4. The minimum atomic E-state index is -3.80. The number of rotatable bonds is 5. The maximum Gasteiger partial charge on any atom is 0.280 e. The number of hydrogen-bond donors (Lipinski definition) is 1. The Kier molecular flexibility index (Phi) is 4.99. The summed E-state index contributed by atoms with van der Waals surface area (Å²) in [6.45, 7) is -0.290. The van der Waals surface area contributed by atoms with Crippen molar-refractivity contribution in [1.82, 2.24) is 4.98 Å². The number of alkyl halides is 3. The van der Waals surface area contributed by atoms with Crippen LogP contribution < -0.4 is 5.73 Å². The average molecular weight is 401 g/mol. The Hall–Kier alpha value is -2.78. The number of carbonyl (C=O) groups excluding carboxylic acids is 1. The number of hydrogen-bond acceptors (Lipinski definition) is 5. The van der Waals surface area contributed by atoms with E-state index in [1.165, 1.54) is 6.92 Å². The molecule has 0 saturated heterocycles. The average Bonchev–Trinajstić information content (AvgIpc) is 3.07. The van der Waals surface area contributed by atoms with Gasteiger partial charge in [-0.3, -0.25) is 9.79 Å². The van der Waals surface area contributed by atoms with E-state index >= 15 is 0 Å². The number of ketones is 1. The molecule has 1 atom stereocenters. The Balaban J connectivity index is 2.08. The van der Waals surface area contributed by atoms with E-state index in [1.54, 1.807) is 0 Å². The molecule has 0 saturated carbocycles. The maximum absolute atomic E-state index is 14.6. The first-order chi connectivity index (χ1) is 13.1. The molecule has 0 fully saturated rings. The van der Waals surface area contributed by atoms with Crippen molar-refractivity contribution < 1.29 is 31.2 Å². The van der Waals surface area contributed by atoms with E-state index in [4.69, 9.17) is 10.2 Å². The molecule has 0 bridgehead atoms. The molecule has 1 aliphatic heterocycles. The molecule has 2 aromatic rings. The molecule has 1 aromatic carbocycles. The first-order valence-corrected chi connectivity index (χ1v) is 8.31. The summed E-state index contributed by atoms with van der Waals surface area (Å²) < 4.78 is 76.5. The van der Waals surface area contributed by atoms with Gasteiger partial charge < -0.3 is 10.2 Å². The minimum absolute atomic E-state index is 0.0609. The van der Waals surface area contributed by atoms with Gasteiger partial charge >= 0.3 is 0 Å². The summed E-state index contributed by atoms with van der Waals surface area (Å²) in [5, 5.41) is 0. The van der Waals surface area contributed by atoms with Crippen LogP contribution in [0.2, 0.25) is 0 Å². The lowest BCUT2D eigenvalue weighted by molar-refractivity contribution is -0.0961. The van der Waals surface area contributed by atoms with Gasteiger partial charge in [0.25, 0.3) is 5.92 Å². The van der Waals surface area contributed by atoms with Gasteiger partial charge in [0.2, 0.25) is 0 Å². The molecule has 1 aliphatic rings. The Labute approximate surface area is 156 Å². The van der Waals surface area contributed by atoms with Gasteiger partial charge in [-0.2, -0.15) is 0 Å². The van der Waals surface area contributed by atoms with Crippen LogP contribution in [0.25, 0.3) is 0 Å². The van der Waals surface area contributed by atoms with Crippen LogP contribution in [0.15, 0.2) is 27.8 Å². The van der Waals surface area contributed by atoms with Crippen LogP contribution in [-0.4, -0.2) is 29.2 Å². The van der Waals surface area contributed by atoms with Crippen LogP contribution in [0.1, 0.15) is 40.3 Å². The summed E-state index contributed by atoms with van der Waals surface area (Å²) in [4.78, 5) is 19.5. The Morgan fingerprint density at radius 1 is 1.32 bits per heavy atom. The van der Waals surface area contributed by atoms with Crippen molar-refractivity contribution in [2.45, 2.75) is 37.6 Å². The number of nitrogens with two attached hydrogens (primary N) is 1. The summed E-state index contributed by atoms with van der Waals surface area (Å²) in [6.07, 6.45) is -0.567. The first-order valence-electron chi connectivity index (χ1n) is 8.31. The number of halogens is 5. The Bertz CT molecular complexity index is 957. The Morgan fingerprint density at radius 3 is 2.64 bits per heavy atom. The van der Waals surface area contributed by atoms with Gasteiger partial charge in [0.1, 0.15) is 18.6 Å². The van der Waals surface area contributed by atoms with Crippen LogP contribution in [0.3, 0.4) is 0 Å². The summed E-state index contributed by atoms with van der Waals surface area (Å²) in [5.41, 5.74) is 1.31. The number of benzene rings is 1. The van der Waals surface area contributed by atoms with Crippen molar-refractivity contribution in [3.05, 3.63) is 52.7 Å². The maximum atomic E-state index is 14.6. The molecule has 10 heteroatoms. The van der Waals surface area contributed by atoms with E-state index in [-0.39, 0.29) is 29.4 Å². The van der Waals surface area contributed by atoms with E-state index in [9.17, 15) is 26.7 Å². The van der Waals surface area contributed by atoms with Crippen molar-refractivity contribution in [3.8, 4) is 0 Å². The molecule has 0 aliphatic carbocycles. The molecular weight excluding hydrogens is 385 g/mol. The second-order valence-corrected chi connectivity index (χ2v) is 6.59. The fourth-order valence-corrected chi connectivity index (χ4v) is 3.15. The summed E-state index contributed by atoms with van der Waals surface area (Å²) in [7, 11) is 0. The third-order valence-electron chi connectivity index (χ3n) is 4.63. The largest absolute Gasteiger partial charge is 0.449 e. The van der Waals surface area contributed by atoms with Crippen LogP contribution in [0.5, 0.6) is 0 Å². The second-order valence-electron chi connectivity index (χ2n) is 6.59. The molecule has 0 amide bonds. The van der Waals surface area contributed by atoms with Crippen LogP contribution in [0.4, 0.5) is 22.0 Å². The number of Topliss-reactive ketones (excluding diaryl/α,β-unsaturated/α-hetero) is 1. The SMILES string of the molecule is Cc1nc(C(=O)Cc2cc(F)c(F)c([C@@]3(CF)N=C(N)CCC3(F)F)c2)co1. The predicted molar refractivity (Wildman–Crippen MR) is 89.1 cm³/mol. The molecule has 3 rings (SSSR count). The number of aliphatic imine (C=N–C) groups is 1. The van der Waals surface area contributed by atoms with Gasteiger partial charge in [-0.1, -0.05) is 0 Å². The highest BCUT2D eigenvalue weighted by Gasteiger charge is 2.58. The molecule has 28 heavy (non-hydrogen) atoms. The highest BCUT2D eigenvalue weighted by molar-refractivity contribution is 5.95. The molecule has 2 N–H and O–H groups in total. The molecule has 0 unspecified atom stereocenters. The fraction of sp³-hybridized carbons (Fsp3) is 0.389. The monoisotopic (exact) mass is 401 g/mol. The lowest BCUT2D eigenvalue weighted by Gasteiger charge is -2.39. The number of carbonyl (C=O) groups is 1. The topological polar surface area (TPSA) is 81.5 Å². The lowest BCUT2D eigenvalue weighted by Crippen LogP contribution is -2.51. The van der Waals surface area contributed by atoms with Gasteiger partial charge in [0, 0.05) is 31.7 Å². The minimum Gasteiger partial charge on any atom is -0.449 e. The smallest absolute Gasteiger partial charge is 0.280 e. The summed E-state index contributed by atoms with van der Waals surface area (Å²) in [5.74, 6) is -7.64. The number of nitrogens with zero attached hydrogens (tertiary/aromatic N) is 2. The Morgan fingerprint density at radius 2 is 2.04 bits per heavy atom. The lowest BCUT2D eigenvalue weighted by atomic mass is 9.79. The molecule has 0 spiro atoms. The first kappa shape index (κ1) is 20.0. The third-order valence-corrected chi connectivity index (χ3v) is 4.63. The molecular formula is C18H16F5N3O2. The number of aryl methyl sites for hydroxylation is 1. The number of oxazole rings is 1. The zero-order chi connectivity index (χ0) is 20.7. The number of aromatic nitrogens is 1. The van der Waals surface area contributed by atoms with E-state index in [1.807, 2.05) is 0 Å². The fourth-order valence-electron chi connectivity index (χ4n) is 3.15. The van der Waals surface area contributed by atoms with Crippen molar-refractivity contribution >= 4 is 11.6 Å². The molecule has 2 heterocycles. The standard InChI is InChI=1S/C18H16F5N3O2/c1-9-25-13(7-28-9)14(27)6-10-4-11(16(21)12(20)5-10)17(8-19)18(22,23)3-2-15(24)26-17/h4-5,7H,2-3,6,8H2,1H3,(H2,24,26)/t17-/m1/s1. The zero-order valence-electron chi connectivity index (χ0n) is 14.7. The van der Waals surface area contributed by atoms with Crippen molar-refractivity contribution in [3.63, 3.8) is 0 Å². The van der Waals surface area contributed by atoms with E-state index in [0.717, 1.165) is 12.3 Å². The molecule has 1 aromatic heterocycles. The van der Waals surface area contributed by atoms with E-state index in [2.05, 4.69) is 9.98 Å². The summed E-state index contributed by atoms with van der Waals surface area (Å²) in [6, 6.07) is 1.50. The third kappa shape index (κ3) is 3.27. The van der Waals surface area contributed by atoms with Gasteiger partial charge in [0.15, 0.2) is 28.8 Å². The predicted octanol–water partition coefficient (Wildman–Crippen LogP) is 3.64.